The zero-order chi connectivity index (χ0) is 12.7. The van der Waals surface area contributed by atoms with Crippen LogP contribution in [0.4, 0.5) is 0 Å². The fraction of sp³-hybridized carbons (Fsp3) is 0.500. The highest BCUT2D eigenvalue weighted by molar-refractivity contribution is 5.78. The molecule has 0 fully saturated rings. The number of aliphatic imine (C=N–C) groups is 1. The molecule has 0 saturated heterocycles. The van der Waals surface area contributed by atoms with Gasteiger partial charge in [-0.15, -0.1) is 0 Å². The number of pyridine rings is 1. The van der Waals surface area contributed by atoms with Crippen LogP contribution in [0.1, 0.15) is 26.0 Å². The summed E-state index contributed by atoms with van der Waals surface area (Å²) < 4.78 is 5.03. The molecule has 0 aliphatic heterocycles. The second kappa shape index (κ2) is 6.73. The summed E-state index contributed by atoms with van der Waals surface area (Å²) in [5.74, 6) is 1.19. The Morgan fingerprint density at radius 2 is 2.35 bits per heavy atom. The van der Waals surface area contributed by atoms with Crippen molar-refractivity contribution in [1.29, 1.82) is 0 Å². The van der Waals surface area contributed by atoms with Gasteiger partial charge in [0.05, 0.1) is 25.5 Å². The first kappa shape index (κ1) is 13.3. The molecule has 0 aromatic carbocycles. The van der Waals surface area contributed by atoms with E-state index in [4.69, 9.17) is 10.5 Å². The van der Waals surface area contributed by atoms with Crippen molar-refractivity contribution in [3.05, 3.63) is 24.0 Å². The van der Waals surface area contributed by atoms with Crippen molar-refractivity contribution in [2.75, 3.05) is 7.11 Å². The number of aromatic nitrogens is 1. The number of hydrogen-bond acceptors (Lipinski definition) is 3. The molecule has 1 unspecified atom stereocenters. The van der Waals surface area contributed by atoms with E-state index in [1.54, 1.807) is 13.3 Å². The lowest BCUT2D eigenvalue weighted by atomic mass is 10.3. The van der Waals surface area contributed by atoms with E-state index in [1.165, 1.54) is 0 Å². The highest BCUT2D eigenvalue weighted by Gasteiger charge is 1.99. The SMILES string of the molecule is CCC(C)NC(N)=NCc1ccc(OC)cn1. The first-order chi connectivity index (χ1) is 8.15. The van der Waals surface area contributed by atoms with Gasteiger partial charge < -0.3 is 15.8 Å². The van der Waals surface area contributed by atoms with E-state index in [9.17, 15) is 0 Å². The Bertz CT molecular complexity index is 361. The third kappa shape index (κ3) is 4.72. The lowest BCUT2D eigenvalue weighted by Gasteiger charge is -2.11. The van der Waals surface area contributed by atoms with Crippen LogP contribution in [-0.2, 0) is 6.54 Å². The Balaban J connectivity index is 2.50. The Hall–Kier alpha value is -1.78. The van der Waals surface area contributed by atoms with Gasteiger partial charge in [-0.25, -0.2) is 4.99 Å². The summed E-state index contributed by atoms with van der Waals surface area (Å²) >= 11 is 0. The van der Waals surface area contributed by atoms with Gasteiger partial charge in [0.15, 0.2) is 5.96 Å². The third-order valence-corrected chi connectivity index (χ3v) is 2.45. The van der Waals surface area contributed by atoms with Crippen LogP contribution in [0.2, 0.25) is 0 Å². The summed E-state index contributed by atoms with van der Waals surface area (Å²) in [6.07, 6.45) is 2.68. The van der Waals surface area contributed by atoms with Crippen LogP contribution in [0.25, 0.3) is 0 Å². The van der Waals surface area contributed by atoms with E-state index in [2.05, 4.69) is 29.1 Å². The lowest BCUT2D eigenvalue weighted by molar-refractivity contribution is 0.412. The van der Waals surface area contributed by atoms with Crippen LogP contribution in [0.5, 0.6) is 5.75 Å². The molecule has 0 aliphatic carbocycles. The summed E-state index contributed by atoms with van der Waals surface area (Å²) in [6, 6.07) is 4.07. The Morgan fingerprint density at radius 3 is 2.88 bits per heavy atom. The molecule has 1 atom stereocenters. The fourth-order valence-electron chi connectivity index (χ4n) is 1.19. The van der Waals surface area contributed by atoms with E-state index in [0.717, 1.165) is 17.9 Å². The van der Waals surface area contributed by atoms with Crippen LogP contribution >= 0.6 is 0 Å². The van der Waals surface area contributed by atoms with Gasteiger partial charge in [0.2, 0.25) is 0 Å². The van der Waals surface area contributed by atoms with Crippen molar-refractivity contribution in [1.82, 2.24) is 10.3 Å². The number of guanidine groups is 1. The lowest BCUT2D eigenvalue weighted by Crippen LogP contribution is -2.38. The molecular weight excluding hydrogens is 216 g/mol. The first-order valence-corrected chi connectivity index (χ1v) is 5.71. The maximum absolute atomic E-state index is 5.74. The molecule has 0 amide bonds. The molecule has 94 valence electrons. The number of rotatable bonds is 5. The van der Waals surface area contributed by atoms with Crippen LogP contribution in [0, 0.1) is 0 Å². The van der Waals surface area contributed by atoms with E-state index < -0.39 is 0 Å². The van der Waals surface area contributed by atoms with E-state index in [-0.39, 0.29) is 0 Å². The number of methoxy groups -OCH3 is 1. The van der Waals surface area contributed by atoms with Crippen molar-refractivity contribution < 1.29 is 4.74 Å². The van der Waals surface area contributed by atoms with Gasteiger partial charge in [0, 0.05) is 6.04 Å². The topological polar surface area (TPSA) is 72.5 Å². The average Bonchev–Trinajstić information content (AvgIpc) is 2.36. The number of ether oxygens (including phenoxy) is 1. The number of nitrogens with zero attached hydrogens (tertiary/aromatic N) is 2. The van der Waals surface area contributed by atoms with Crippen LogP contribution in [0.3, 0.4) is 0 Å². The first-order valence-electron chi connectivity index (χ1n) is 5.71. The molecular formula is C12H20N4O. The smallest absolute Gasteiger partial charge is 0.189 e. The maximum Gasteiger partial charge on any atom is 0.189 e. The van der Waals surface area contributed by atoms with E-state index in [0.29, 0.717) is 18.5 Å². The molecule has 5 nitrogen and oxygen atoms in total. The van der Waals surface area contributed by atoms with Gasteiger partial charge in [-0.2, -0.15) is 0 Å². The van der Waals surface area contributed by atoms with Crippen LogP contribution < -0.4 is 15.8 Å². The van der Waals surface area contributed by atoms with Gasteiger partial charge in [-0.05, 0) is 25.5 Å². The van der Waals surface area contributed by atoms with Crippen LogP contribution in [0.15, 0.2) is 23.3 Å². The van der Waals surface area contributed by atoms with E-state index in [1.807, 2.05) is 12.1 Å². The molecule has 1 rings (SSSR count). The Morgan fingerprint density at radius 1 is 1.59 bits per heavy atom. The summed E-state index contributed by atoms with van der Waals surface area (Å²) in [5.41, 5.74) is 6.60. The van der Waals surface area contributed by atoms with Gasteiger partial charge in [0.25, 0.3) is 0 Å². The second-order valence-electron chi connectivity index (χ2n) is 3.84. The monoisotopic (exact) mass is 236 g/mol. The van der Waals surface area contributed by atoms with Crippen molar-refractivity contribution in [2.24, 2.45) is 10.7 Å². The minimum absolute atomic E-state index is 0.336. The second-order valence-corrected chi connectivity index (χ2v) is 3.84. The van der Waals surface area contributed by atoms with Gasteiger partial charge >= 0.3 is 0 Å². The van der Waals surface area contributed by atoms with Gasteiger partial charge in [0.1, 0.15) is 5.75 Å². The molecule has 0 radical (unpaired) electrons. The Labute approximate surface area is 102 Å². The van der Waals surface area contributed by atoms with Crippen molar-refractivity contribution >= 4 is 5.96 Å². The van der Waals surface area contributed by atoms with Gasteiger partial charge in [-0.3, -0.25) is 4.98 Å². The van der Waals surface area contributed by atoms with Crippen molar-refractivity contribution in [3.8, 4) is 5.75 Å². The molecule has 5 heteroatoms. The molecule has 1 heterocycles. The summed E-state index contributed by atoms with van der Waals surface area (Å²) in [5, 5.41) is 3.10. The van der Waals surface area contributed by atoms with Crippen molar-refractivity contribution in [3.63, 3.8) is 0 Å². The zero-order valence-corrected chi connectivity index (χ0v) is 10.6. The van der Waals surface area contributed by atoms with Crippen LogP contribution in [-0.4, -0.2) is 24.1 Å². The highest BCUT2D eigenvalue weighted by Crippen LogP contribution is 2.08. The predicted molar refractivity (Wildman–Crippen MR) is 69.0 cm³/mol. The maximum atomic E-state index is 5.74. The molecule has 17 heavy (non-hydrogen) atoms. The molecule has 0 saturated carbocycles. The summed E-state index contributed by atoms with van der Waals surface area (Å²) in [4.78, 5) is 8.42. The Kier molecular flexibility index (Phi) is 5.26. The zero-order valence-electron chi connectivity index (χ0n) is 10.6. The normalized spacial score (nSPS) is 13.2. The molecule has 0 bridgehead atoms. The predicted octanol–water partition coefficient (Wildman–Crippen LogP) is 1.29. The average molecular weight is 236 g/mol. The summed E-state index contributed by atoms with van der Waals surface area (Å²) in [7, 11) is 1.61. The number of nitrogens with two attached hydrogens (primary N) is 1. The molecule has 1 aromatic heterocycles. The largest absolute Gasteiger partial charge is 0.495 e. The molecule has 1 aromatic rings. The van der Waals surface area contributed by atoms with Gasteiger partial charge in [-0.1, -0.05) is 6.92 Å². The molecule has 3 N–H and O–H groups in total. The highest BCUT2D eigenvalue weighted by atomic mass is 16.5. The third-order valence-electron chi connectivity index (χ3n) is 2.45. The number of nitrogens with one attached hydrogen (secondary N) is 1. The quantitative estimate of drug-likeness (QED) is 0.597. The standard InChI is InChI=1S/C12H20N4O/c1-4-9(2)16-12(13)15-7-10-5-6-11(17-3)8-14-10/h5-6,8-9H,4,7H2,1-3H3,(H3,13,15,16). The summed E-state index contributed by atoms with van der Waals surface area (Å²) in [6.45, 7) is 4.63. The number of hydrogen-bond donors (Lipinski definition) is 2. The van der Waals surface area contributed by atoms with E-state index >= 15 is 0 Å². The molecule has 0 spiro atoms. The van der Waals surface area contributed by atoms with Crippen molar-refractivity contribution in [2.45, 2.75) is 32.9 Å². The minimum Gasteiger partial charge on any atom is -0.495 e. The fourth-order valence-corrected chi connectivity index (χ4v) is 1.19. The minimum atomic E-state index is 0.336. The molecule has 0 aliphatic rings.